The van der Waals surface area contributed by atoms with Crippen molar-refractivity contribution in [2.24, 2.45) is 0 Å². The third kappa shape index (κ3) is 2.30. The Morgan fingerprint density at radius 3 is 1.61 bits per heavy atom. The summed E-state index contributed by atoms with van der Waals surface area (Å²) < 4.78 is 6.00. The summed E-state index contributed by atoms with van der Waals surface area (Å²) in [5.74, 6) is 0. The summed E-state index contributed by atoms with van der Waals surface area (Å²) in [5, 5.41) is 2.55. The van der Waals surface area contributed by atoms with Crippen LogP contribution in [0.25, 0.3) is 0 Å². The molecule has 0 fully saturated rings. The summed E-state index contributed by atoms with van der Waals surface area (Å²) >= 11 is 0. The van der Waals surface area contributed by atoms with E-state index in [2.05, 4.69) is 60.3 Å². The minimum Gasteiger partial charge on any atom is -0.408 e. The van der Waals surface area contributed by atoms with Crippen molar-refractivity contribution >= 4 is 18.7 Å². The largest absolute Gasteiger partial charge is 0.408 e. The van der Waals surface area contributed by atoms with Gasteiger partial charge in [0.15, 0.2) is 0 Å². The lowest BCUT2D eigenvalue weighted by molar-refractivity contribution is 0.425. The van der Waals surface area contributed by atoms with E-state index in [-0.39, 0.29) is 0 Å². The zero-order valence-corrected chi connectivity index (χ0v) is 11.8. The summed E-state index contributed by atoms with van der Waals surface area (Å²) in [7, 11) is -0.391. The van der Waals surface area contributed by atoms with E-state index in [9.17, 15) is 0 Å². The zero-order valence-electron chi connectivity index (χ0n) is 10.8. The van der Waals surface area contributed by atoms with Crippen molar-refractivity contribution < 1.29 is 4.43 Å². The lowest BCUT2D eigenvalue weighted by Crippen LogP contribution is -2.59. The van der Waals surface area contributed by atoms with E-state index in [1.54, 1.807) is 0 Å². The second kappa shape index (κ2) is 5.80. The average Bonchev–Trinajstić information content (AvgIpc) is 2.47. The van der Waals surface area contributed by atoms with Crippen LogP contribution < -0.4 is 10.4 Å². The van der Waals surface area contributed by atoms with Crippen LogP contribution in [0.2, 0.25) is 0 Å². The highest BCUT2D eigenvalue weighted by atomic mass is 28.4. The van der Waals surface area contributed by atoms with Gasteiger partial charge in [0, 0.05) is 7.11 Å². The molecule has 0 atom stereocenters. The lowest BCUT2D eigenvalue weighted by Gasteiger charge is -2.27. The average molecular weight is 254 g/mol. The van der Waals surface area contributed by atoms with Crippen LogP contribution >= 0.6 is 0 Å². The second-order valence-electron chi connectivity index (χ2n) is 4.17. The van der Waals surface area contributed by atoms with Gasteiger partial charge >= 0.3 is 0 Å². The maximum Gasteiger partial charge on any atom is 0.280 e. The maximum atomic E-state index is 6.00. The Bertz CT molecular complexity index is 466. The van der Waals surface area contributed by atoms with Crippen LogP contribution in [0.3, 0.4) is 0 Å². The second-order valence-corrected chi connectivity index (χ2v) is 7.54. The molecule has 2 aromatic carbocycles. The number of rotatable bonds is 4. The van der Waals surface area contributed by atoms with E-state index in [0.29, 0.717) is 0 Å². The molecule has 0 N–H and O–H groups in total. The highest BCUT2D eigenvalue weighted by Crippen LogP contribution is 2.08. The van der Waals surface area contributed by atoms with Gasteiger partial charge in [-0.15, -0.1) is 0 Å². The lowest BCUT2D eigenvalue weighted by atomic mass is 10.4. The Morgan fingerprint density at radius 2 is 1.28 bits per heavy atom. The van der Waals surface area contributed by atoms with Crippen LogP contribution in [0.4, 0.5) is 0 Å². The van der Waals surface area contributed by atoms with Crippen LogP contribution in [-0.4, -0.2) is 15.4 Å². The molecule has 18 heavy (non-hydrogen) atoms. The van der Waals surface area contributed by atoms with E-state index in [1.807, 2.05) is 26.2 Å². The molecule has 2 rings (SSSR count). The van der Waals surface area contributed by atoms with E-state index in [4.69, 9.17) is 4.43 Å². The topological polar surface area (TPSA) is 9.23 Å². The molecule has 0 radical (unpaired) electrons. The molecule has 0 aliphatic heterocycles. The zero-order chi connectivity index (χ0) is 12.8. The van der Waals surface area contributed by atoms with Gasteiger partial charge in [0.2, 0.25) is 0 Å². The van der Waals surface area contributed by atoms with Crippen molar-refractivity contribution in [2.75, 3.05) is 7.11 Å². The standard InChI is InChI=1S/C16H18OSi/c1-3-14-18(17-2,15-10-6-4-7-11-15)16-12-8-5-9-13-16/h3-14H,1-2H3. The first kappa shape index (κ1) is 12.8. The fourth-order valence-corrected chi connectivity index (χ4v) is 5.44. The van der Waals surface area contributed by atoms with Gasteiger partial charge in [-0.1, -0.05) is 72.4 Å². The summed E-state index contributed by atoms with van der Waals surface area (Å²) in [4.78, 5) is 0. The van der Waals surface area contributed by atoms with Crippen LogP contribution in [-0.2, 0) is 4.43 Å². The van der Waals surface area contributed by atoms with Crippen molar-refractivity contribution in [3.63, 3.8) is 0 Å². The van der Waals surface area contributed by atoms with Crippen molar-refractivity contribution in [1.82, 2.24) is 0 Å². The molecule has 0 aromatic heterocycles. The molecule has 0 aliphatic rings. The van der Waals surface area contributed by atoms with E-state index < -0.39 is 8.32 Å². The van der Waals surface area contributed by atoms with Crippen molar-refractivity contribution in [2.45, 2.75) is 6.92 Å². The molecule has 2 aromatic rings. The molecular weight excluding hydrogens is 236 g/mol. The Hall–Kier alpha value is -1.64. The highest BCUT2D eigenvalue weighted by molar-refractivity contribution is 7.01. The predicted molar refractivity (Wildman–Crippen MR) is 79.7 cm³/mol. The van der Waals surface area contributed by atoms with E-state index in [1.165, 1.54) is 10.4 Å². The van der Waals surface area contributed by atoms with Gasteiger partial charge < -0.3 is 4.43 Å². The molecule has 0 spiro atoms. The Morgan fingerprint density at radius 1 is 0.833 bits per heavy atom. The minimum atomic E-state index is -2.20. The Labute approximate surface area is 110 Å². The summed E-state index contributed by atoms with van der Waals surface area (Å²) in [5.41, 5.74) is 2.23. The molecule has 2 heteroatoms. The number of hydrogen-bond donors (Lipinski definition) is 0. The number of benzene rings is 2. The van der Waals surface area contributed by atoms with Crippen LogP contribution in [0.1, 0.15) is 6.92 Å². The minimum absolute atomic E-state index is 1.27. The SMILES string of the molecule is CC=C[Si](OC)(c1ccccc1)c1ccccc1. The molecule has 0 heterocycles. The van der Waals surface area contributed by atoms with Gasteiger partial charge in [0.05, 0.1) is 0 Å². The first-order chi connectivity index (χ1) is 8.83. The summed E-state index contributed by atoms with van der Waals surface area (Å²) in [6, 6.07) is 21.0. The third-order valence-electron chi connectivity index (χ3n) is 3.13. The molecular formula is C16H18OSi. The van der Waals surface area contributed by atoms with Crippen molar-refractivity contribution in [3.8, 4) is 0 Å². The van der Waals surface area contributed by atoms with Crippen LogP contribution in [0.15, 0.2) is 72.4 Å². The van der Waals surface area contributed by atoms with Crippen molar-refractivity contribution in [3.05, 3.63) is 72.4 Å². The highest BCUT2D eigenvalue weighted by Gasteiger charge is 2.35. The Balaban J connectivity index is 2.61. The first-order valence-corrected chi connectivity index (χ1v) is 8.12. The van der Waals surface area contributed by atoms with Gasteiger partial charge in [-0.3, -0.25) is 0 Å². The van der Waals surface area contributed by atoms with Gasteiger partial charge in [-0.05, 0) is 17.3 Å². The smallest absolute Gasteiger partial charge is 0.280 e. The van der Waals surface area contributed by atoms with E-state index >= 15 is 0 Å². The molecule has 1 nitrogen and oxygen atoms in total. The fraction of sp³-hybridized carbons (Fsp3) is 0.125. The predicted octanol–water partition coefficient (Wildman–Crippen LogP) is 2.51. The Kier molecular flexibility index (Phi) is 4.13. The van der Waals surface area contributed by atoms with E-state index in [0.717, 1.165) is 0 Å². The molecule has 0 saturated carbocycles. The monoisotopic (exact) mass is 254 g/mol. The quantitative estimate of drug-likeness (QED) is 0.762. The van der Waals surface area contributed by atoms with Gasteiger partial charge in [-0.2, -0.15) is 0 Å². The van der Waals surface area contributed by atoms with Crippen LogP contribution in [0.5, 0.6) is 0 Å². The number of hydrogen-bond acceptors (Lipinski definition) is 1. The van der Waals surface area contributed by atoms with Gasteiger partial charge in [0.25, 0.3) is 8.32 Å². The summed E-state index contributed by atoms with van der Waals surface area (Å²) in [6.07, 6.45) is 2.09. The first-order valence-electron chi connectivity index (χ1n) is 6.13. The summed E-state index contributed by atoms with van der Waals surface area (Å²) in [6.45, 7) is 2.05. The number of allylic oxidation sites excluding steroid dienone is 1. The molecule has 0 aliphatic carbocycles. The molecule has 0 saturated heterocycles. The fourth-order valence-electron chi connectivity index (χ4n) is 2.27. The molecule has 92 valence electrons. The van der Waals surface area contributed by atoms with Gasteiger partial charge in [0.1, 0.15) is 0 Å². The van der Waals surface area contributed by atoms with Crippen molar-refractivity contribution in [1.29, 1.82) is 0 Å². The van der Waals surface area contributed by atoms with Crippen LogP contribution in [0, 0.1) is 0 Å². The van der Waals surface area contributed by atoms with Gasteiger partial charge in [-0.25, -0.2) is 0 Å². The third-order valence-corrected chi connectivity index (χ3v) is 6.96. The molecule has 0 unspecified atom stereocenters. The molecule has 0 bridgehead atoms. The normalized spacial score (nSPS) is 11.9. The maximum absolute atomic E-state index is 6.00. The molecule has 0 amide bonds.